The van der Waals surface area contributed by atoms with Gasteiger partial charge in [-0.3, -0.25) is 9.63 Å². The number of benzene rings is 1. The lowest BCUT2D eigenvalue weighted by Gasteiger charge is -2.21. The molecule has 0 spiro atoms. The number of nitrogens with zero attached hydrogens (tertiary/aromatic N) is 1. The van der Waals surface area contributed by atoms with E-state index in [2.05, 4.69) is 32.9 Å². The average molecular weight is 402 g/mol. The molecule has 1 aromatic carbocycles. The number of unbranched alkanes of at least 4 members (excludes halogenated alkanes) is 9. The van der Waals surface area contributed by atoms with Crippen LogP contribution in [0.5, 0.6) is 0 Å². The fraction of sp³-hybridized carbons (Fsp3) is 0.654. The molecule has 164 valence electrons. The number of carbonyl (C=O) groups excluding carboxylic acids is 1. The minimum atomic E-state index is -0.0371. The molecule has 0 aromatic heterocycles. The summed E-state index contributed by atoms with van der Waals surface area (Å²) in [6, 6.07) is 7.87. The number of allylic oxidation sites excluding steroid dienone is 1. The Morgan fingerprint density at radius 2 is 1.45 bits per heavy atom. The van der Waals surface area contributed by atoms with Gasteiger partial charge in [0.25, 0.3) is 5.91 Å². The molecule has 1 aromatic rings. The van der Waals surface area contributed by atoms with Crippen molar-refractivity contribution < 1.29 is 9.63 Å². The Balaban J connectivity index is 2.42. The van der Waals surface area contributed by atoms with Gasteiger partial charge in [-0.05, 0) is 43.4 Å². The van der Waals surface area contributed by atoms with Crippen LogP contribution in [0.2, 0.25) is 0 Å². The van der Waals surface area contributed by atoms with Crippen LogP contribution in [0.25, 0.3) is 6.08 Å². The lowest BCUT2D eigenvalue weighted by Crippen LogP contribution is -2.32. The predicted molar refractivity (Wildman–Crippen MR) is 125 cm³/mol. The van der Waals surface area contributed by atoms with Gasteiger partial charge in [-0.1, -0.05) is 96.4 Å². The molecule has 0 saturated carbocycles. The summed E-state index contributed by atoms with van der Waals surface area (Å²) in [7, 11) is 0. The van der Waals surface area contributed by atoms with E-state index in [1.54, 1.807) is 0 Å². The minimum absolute atomic E-state index is 0.0371. The molecule has 3 nitrogen and oxygen atoms in total. The van der Waals surface area contributed by atoms with E-state index < -0.39 is 0 Å². The molecule has 0 bridgehead atoms. The quantitative estimate of drug-likeness (QED) is 0.197. The highest BCUT2D eigenvalue weighted by atomic mass is 16.7. The molecule has 1 amide bonds. The van der Waals surface area contributed by atoms with Crippen LogP contribution in [-0.2, 0) is 4.84 Å². The summed E-state index contributed by atoms with van der Waals surface area (Å²) in [5, 5.41) is 1.54. The third-order valence-corrected chi connectivity index (χ3v) is 5.09. The van der Waals surface area contributed by atoms with Crippen molar-refractivity contribution in [1.29, 1.82) is 0 Å². The molecule has 0 atom stereocenters. The molecule has 0 aliphatic rings. The summed E-state index contributed by atoms with van der Waals surface area (Å²) in [4.78, 5) is 18.5. The predicted octanol–water partition coefficient (Wildman–Crippen LogP) is 7.81. The number of carbonyl (C=O) groups is 1. The Hall–Kier alpha value is -1.61. The smallest absolute Gasteiger partial charge is 0.271 e. The van der Waals surface area contributed by atoms with Crippen LogP contribution >= 0.6 is 0 Å². The Morgan fingerprint density at radius 1 is 0.828 bits per heavy atom. The summed E-state index contributed by atoms with van der Waals surface area (Å²) < 4.78 is 0. The van der Waals surface area contributed by atoms with Gasteiger partial charge in [0.2, 0.25) is 0 Å². The summed E-state index contributed by atoms with van der Waals surface area (Å²) in [6.45, 7) is 7.77. The third kappa shape index (κ3) is 11.9. The molecule has 0 saturated heterocycles. The van der Waals surface area contributed by atoms with Gasteiger partial charge in [0.1, 0.15) is 0 Å². The first kappa shape index (κ1) is 25.4. The summed E-state index contributed by atoms with van der Waals surface area (Å²) in [5.41, 5.74) is 1.84. The number of hydrogen-bond donors (Lipinski definition) is 0. The van der Waals surface area contributed by atoms with Crippen molar-refractivity contribution in [3.8, 4) is 0 Å². The van der Waals surface area contributed by atoms with E-state index in [0.29, 0.717) is 18.7 Å². The molecule has 0 N–H and O–H groups in total. The van der Waals surface area contributed by atoms with Crippen molar-refractivity contribution in [2.24, 2.45) is 0 Å². The molecule has 0 unspecified atom stereocenters. The fourth-order valence-corrected chi connectivity index (χ4v) is 3.27. The van der Waals surface area contributed by atoms with Crippen molar-refractivity contribution in [3.63, 3.8) is 0 Å². The SMILES string of the molecule is CCCCCCCCC=Cc1ccc(C(=O)N(CCC)OCCCCCC)cc1. The van der Waals surface area contributed by atoms with Crippen LogP contribution in [0.3, 0.4) is 0 Å². The summed E-state index contributed by atoms with van der Waals surface area (Å²) in [5.74, 6) is -0.0371. The van der Waals surface area contributed by atoms with Gasteiger partial charge in [-0.25, -0.2) is 5.06 Å². The lowest BCUT2D eigenvalue weighted by molar-refractivity contribution is -0.124. The second-order valence-corrected chi connectivity index (χ2v) is 7.88. The first-order valence-electron chi connectivity index (χ1n) is 11.9. The van der Waals surface area contributed by atoms with Crippen molar-refractivity contribution in [1.82, 2.24) is 5.06 Å². The van der Waals surface area contributed by atoms with Crippen LogP contribution < -0.4 is 0 Å². The molecule has 0 radical (unpaired) electrons. The molecule has 0 fully saturated rings. The Labute approximate surface area is 179 Å². The van der Waals surface area contributed by atoms with E-state index in [1.165, 1.54) is 56.4 Å². The first-order valence-corrected chi connectivity index (χ1v) is 11.9. The Bertz CT molecular complexity index is 550. The second-order valence-electron chi connectivity index (χ2n) is 7.88. The maximum Gasteiger partial charge on any atom is 0.277 e. The molecular weight excluding hydrogens is 358 g/mol. The van der Waals surface area contributed by atoms with Crippen molar-refractivity contribution in [2.75, 3.05) is 13.2 Å². The van der Waals surface area contributed by atoms with E-state index in [1.807, 2.05) is 24.3 Å². The Morgan fingerprint density at radius 3 is 2.10 bits per heavy atom. The van der Waals surface area contributed by atoms with Gasteiger partial charge in [0, 0.05) is 12.1 Å². The van der Waals surface area contributed by atoms with E-state index in [0.717, 1.165) is 31.2 Å². The zero-order valence-electron chi connectivity index (χ0n) is 19.1. The zero-order valence-corrected chi connectivity index (χ0v) is 19.1. The maximum atomic E-state index is 12.8. The molecule has 3 heteroatoms. The van der Waals surface area contributed by atoms with Crippen LogP contribution in [-0.4, -0.2) is 24.1 Å². The second kappa shape index (κ2) is 17.3. The minimum Gasteiger partial charge on any atom is -0.271 e. The first-order chi connectivity index (χ1) is 14.2. The average Bonchev–Trinajstić information content (AvgIpc) is 2.74. The topological polar surface area (TPSA) is 29.5 Å². The number of hydroxylamine groups is 2. The number of amides is 1. The summed E-state index contributed by atoms with van der Waals surface area (Å²) in [6.07, 6.45) is 19.0. The standard InChI is InChI=1S/C26H43NO2/c1-4-7-9-11-12-13-14-15-17-24-18-20-25(21-19-24)26(28)27(22-6-3)29-23-16-10-8-5-2/h15,17-21H,4-14,16,22-23H2,1-3H3. The maximum absolute atomic E-state index is 12.8. The highest BCUT2D eigenvalue weighted by Crippen LogP contribution is 2.12. The lowest BCUT2D eigenvalue weighted by atomic mass is 10.1. The molecule has 29 heavy (non-hydrogen) atoms. The number of hydrogen-bond acceptors (Lipinski definition) is 2. The molecular formula is C26H43NO2. The van der Waals surface area contributed by atoms with E-state index >= 15 is 0 Å². The third-order valence-electron chi connectivity index (χ3n) is 5.09. The normalized spacial score (nSPS) is 11.3. The van der Waals surface area contributed by atoms with Crippen molar-refractivity contribution >= 4 is 12.0 Å². The van der Waals surface area contributed by atoms with Gasteiger partial charge in [-0.2, -0.15) is 0 Å². The van der Waals surface area contributed by atoms with Crippen LogP contribution in [0.4, 0.5) is 0 Å². The highest BCUT2D eigenvalue weighted by Gasteiger charge is 2.15. The molecule has 1 rings (SSSR count). The number of rotatable bonds is 17. The largest absolute Gasteiger partial charge is 0.277 e. The van der Waals surface area contributed by atoms with Gasteiger partial charge in [-0.15, -0.1) is 0 Å². The fourth-order valence-electron chi connectivity index (χ4n) is 3.27. The van der Waals surface area contributed by atoms with Crippen molar-refractivity contribution in [2.45, 2.75) is 97.8 Å². The van der Waals surface area contributed by atoms with Crippen molar-refractivity contribution in [3.05, 3.63) is 41.5 Å². The van der Waals surface area contributed by atoms with E-state index in [9.17, 15) is 4.79 Å². The van der Waals surface area contributed by atoms with Gasteiger partial charge in [0.05, 0.1) is 6.61 Å². The molecule has 0 heterocycles. The Kier molecular flexibility index (Phi) is 15.1. The monoisotopic (exact) mass is 401 g/mol. The van der Waals surface area contributed by atoms with Gasteiger partial charge < -0.3 is 0 Å². The van der Waals surface area contributed by atoms with Crippen LogP contribution in [0.1, 0.15) is 114 Å². The zero-order chi connectivity index (χ0) is 21.2. The van der Waals surface area contributed by atoms with E-state index in [-0.39, 0.29) is 5.91 Å². The molecule has 0 aliphatic heterocycles. The summed E-state index contributed by atoms with van der Waals surface area (Å²) >= 11 is 0. The van der Waals surface area contributed by atoms with Gasteiger partial charge >= 0.3 is 0 Å². The van der Waals surface area contributed by atoms with E-state index in [4.69, 9.17) is 4.84 Å². The highest BCUT2D eigenvalue weighted by molar-refractivity contribution is 5.93. The molecule has 0 aliphatic carbocycles. The van der Waals surface area contributed by atoms with Crippen LogP contribution in [0.15, 0.2) is 30.3 Å². The van der Waals surface area contributed by atoms with Gasteiger partial charge in [0.15, 0.2) is 0 Å². The van der Waals surface area contributed by atoms with Crippen LogP contribution in [0, 0.1) is 0 Å².